The minimum atomic E-state index is -0.542. The Labute approximate surface area is 115 Å². The summed E-state index contributed by atoms with van der Waals surface area (Å²) in [6.07, 6.45) is 0. The molecule has 0 bridgehead atoms. The number of hydrogen-bond donors (Lipinski definition) is 0. The molecule has 19 heavy (non-hydrogen) atoms. The largest absolute Gasteiger partial charge is 0.497 e. The number of carbonyl (C=O) groups is 1. The van der Waals surface area contributed by atoms with Crippen LogP contribution in [0.5, 0.6) is 5.75 Å². The first-order chi connectivity index (χ1) is 9.19. The fourth-order valence-corrected chi connectivity index (χ4v) is 1.47. The lowest BCUT2D eigenvalue weighted by molar-refractivity contribution is 0.0464. The van der Waals surface area contributed by atoms with Crippen LogP contribution in [0.25, 0.3) is 0 Å². The van der Waals surface area contributed by atoms with Gasteiger partial charge in [-0.3, -0.25) is 0 Å². The molecular formula is C13H11ClN2O3. The molecule has 0 atom stereocenters. The number of rotatable bonds is 4. The molecule has 0 aliphatic carbocycles. The van der Waals surface area contributed by atoms with Crippen LogP contribution in [0.1, 0.15) is 16.1 Å². The first-order valence-electron chi connectivity index (χ1n) is 5.48. The molecule has 2 aromatic rings. The fourth-order valence-electron chi connectivity index (χ4n) is 1.37. The molecule has 0 saturated heterocycles. The van der Waals surface area contributed by atoms with Gasteiger partial charge in [-0.15, -0.1) is 10.2 Å². The molecule has 0 aliphatic heterocycles. The van der Waals surface area contributed by atoms with Gasteiger partial charge in [0.15, 0.2) is 10.8 Å². The highest BCUT2D eigenvalue weighted by atomic mass is 35.5. The summed E-state index contributed by atoms with van der Waals surface area (Å²) >= 11 is 5.58. The number of esters is 1. The predicted octanol–water partition coefficient (Wildman–Crippen LogP) is 2.50. The molecule has 98 valence electrons. The summed E-state index contributed by atoms with van der Waals surface area (Å²) in [5, 5.41) is 7.45. The number of halogens is 1. The van der Waals surface area contributed by atoms with Crippen LogP contribution >= 0.6 is 11.6 Å². The normalized spacial score (nSPS) is 10.0. The van der Waals surface area contributed by atoms with E-state index >= 15 is 0 Å². The molecule has 0 radical (unpaired) electrons. The van der Waals surface area contributed by atoms with Gasteiger partial charge in [0.05, 0.1) is 7.11 Å². The van der Waals surface area contributed by atoms with Crippen LogP contribution in [-0.4, -0.2) is 23.3 Å². The van der Waals surface area contributed by atoms with Gasteiger partial charge in [0.1, 0.15) is 12.4 Å². The Morgan fingerprint density at radius 2 is 1.89 bits per heavy atom. The SMILES string of the molecule is COc1ccc(COC(=O)c2ccc(Cl)nn2)cc1. The Kier molecular flexibility index (Phi) is 4.30. The van der Waals surface area contributed by atoms with E-state index in [-0.39, 0.29) is 17.5 Å². The number of carbonyl (C=O) groups excluding carboxylic acids is 1. The van der Waals surface area contributed by atoms with E-state index in [1.165, 1.54) is 12.1 Å². The van der Waals surface area contributed by atoms with Crippen LogP contribution in [0, 0.1) is 0 Å². The third-order valence-electron chi connectivity index (χ3n) is 2.37. The van der Waals surface area contributed by atoms with Gasteiger partial charge >= 0.3 is 5.97 Å². The average molecular weight is 279 g/mol. The lowest BCUT2D eigenvalue weighted by Crippen LogP contribution is -2.08. The van der Waals surface area contributed by atoms with Crippen LogP contribution in [0.3, 0.4) is 0 Å². The van der Waals surface area contributed by atoms with Gasteiger partial charge in [-0.05, 0) is 29.8 Å². The molecule has 0 amide bonds. The first-order valence-corrected chi connectivity index (χ1v) is 5.86. The van der Waals surface area contributed by atoms with Crippen LogP contribution in [0.2, 0.25) is 5.15 Å². The zero-order chi connectivity index (χ0) is 13.7. The molecule has 5 nitrogen and oxygen atoms in total. The molecular weight excluding hydrogens is 268 g/mol. The van der Waals surface area contributed by atoms with Crippen LogP contribution in [0.4, 0.5) is 0 Å². The molecule has 1 heterocycles. The van der Waals surface area contributed by atoms with Gasteiger partial charge in [-0.1, -0.05) is 23.7 Å². The third-order valence-corrected chi connectivity index (χ3v) is 2.57. The second-order valence-corrected chi connectivity index (χ2v) is 4.05. The minimum absolute atomic E-state index is 0.123. The van der Waals surface area contributed by atoms with E-state index in [4.69, 9.17) is 21.1 Å². The monoisotopic (exact) mass is 278 g/mol. The van der Waals surface area contributed by atoms with Crippen molar-refractivity contribution < 1.29 is 14.3 Å². The van der Waals surface area contributed by atoms with Crippen molar-refractivity contribution in [3.05, 3.63) is 52.8 Å². The van der Waals surface area contributed by atoms with Gasteiger partial charge in [-0.2, -0.15) is 0 Å². The molecule has 0 spiro atoms. The number of nitrogens with zero attached hydrogens (tertiary/aromatic N) is 2. The predicted molar refractivity (Wildman–Crippen MR) is 69.2 cm³/mol. The van der Waals surface area contributed by atoms with E-state index in [1.54, 1.807) is 19.2 Å². The van der Waals surface area contributed by atoms with Crippen molar-refractivity contribution in [2.24, 2.45) is 0 Å². The van der Waals surface area contributed by atoms with Crippen molar-refractivity contribution in [1.82, 2.24) is 10.2 Å². The van der Waals surface area contributed by atoms with Gasteiger partial charge in [0, 0.05) is 0 Å². The molecule has 0 N–H and O–H groups in total. The van der Waals surface area contributed by atoms with Crippen molar-refractivity contribution in [2.45, 2.75) is 6.61 Å². The first kappa shape index (κ1) is 13.3. The number of benzene rings is 1. The van der Waals surface area contributed by atoms with E-state index in [1.807, 2.05) is 12.1 Å². The minimum Gasteiger partial charge on any atom is -0.497 e. The number of aromatic nitrogens is 2. The maximum atomic E-state index is 11.7. The Hall–Kier alpha value is -2.14. The second-order valence-electron chi connectivity index (χ2n) is 3.67. The van der Waals surface area contributed by atoms with Crippen molar-refractivity contribution >= 4 is 17.6 Å². The Bertz CT molecular complexity index is 555. The fraction of sp³-hybridized carbons (Fsp3) is 0.154. The van der Waals surface area contributed by atoms with Gasteiger partial charge in [-0.25, -0.2) is 4.79 Å². The van der Waals surface area contributed by atoms with E-state index in [2.05, 4.69) is 10.2 Å². The molecule has 0 unspecified atom stereocenters. The summed E-state index contributed by atoms with van der Waals surface area (Å²) in [5.74, 6) is 0.207. The standard InChI is InChI=1S/C13H11ClN2O3/c1-18-10-4-2-9(3-5-10)8-19-13(17)11-6-7-12(14)16-15-11/h2-7H,8H2,1H3. The topological polar surface area (TPSA) is 61.3 Å². The number of hydrogen-bond acceptors (Lipinski definition) is 5. The number of ether oxygens (including phenoxy) is 2. The lowest BCUT2D eigenvalue weighted by Gasteiger charge is -2.05. The maximum absolute atomic E-state index is 11.7. The van der Waals surface area contributed by atoms with E-state index in [0.717, 1.165) is 11.3 Å². The Balaban J connectivity index is 1.94. The summed E-state index contributed by atoms with van der Waals surface area (Å²) in [4.78, 5) is 11.7. The molecule has 1 aromatic carbocycles. The van der Waals surface area contributed by atoms with E-state index < -0.39 is 5.97 Å². The molecule has 2 rings (SSSR count). The van der Waals surface area contributed by atoms with E-state index in [9.17, 15) is 4.79 Å². The summed E-state index contributed by atoms with van der Waals surface area (Å²) in [6.45, 7) is 0.160. The highest BCUT2D eigenvalue weighted by Crippen LogP contribution is 2.12. The van der Waals surface area contributed by atoms with Gasteiger partial charge < -0.3 is 9.47 Å². The lowest BCUT2D eigenvalue weighted by atomic mass is 10.2. The highest BCUT2D eigenvalue weighted by Gasteiger charge is 2.09. The smallest absolute Gasteiger partial charge is 0.359 e. The molecule has 0 saturated carbocycles. The summed E-state index contributed by atoms with van der Waals surface area (Å²) in [7, 11) is 1.59. The van der Waals surface area contributed by atoms with Crippen LogP contribution < -0.4 is 4.74 Å². The zero-order valence-corrected chi connectivity index (χ0v) is 10.9. The van der Waals surface area contributed by atoms with Crippen LogP contribution in [-0.2, 0) is 11.3 Å². The molecule has 0 fully saturated rings. The van der Waals surface area contributed by atoms with E-state index in [0.29, 0.717) is 0 Å². The molecule has 1 aromatic heterocycles. The molecule has 6 heteroatoms. The Morgan fingerprint density at radius 3 is 2.47 bits per heavy atom. The molecule has 0 aliphatic rings. The van der Waals surface area contributed by atoms with Crippen molar-refractivity contribution in [2.75, 3.05) is 7.11 Å². The zero-order valence-electron chi connectivity index (χ0n) is 10.2. The quantitative estimate of drug-likeness (QED) is 0.804. The number of methoxy groups -OCH3 is 1. The summed E-state index contributed by atoms with van der Waals surface area (Å²) < 4.78 is 10.1. The van der Waals surface area contributed by atoms with Gasteiger partial charge in [0.2, 0.25) is 0 Å². The van der Waals surface area contributed by atoms with Crippen molar-refractivity contribution in [3.8, 4) is 5.75 Å². The highest BCUT2D eigenvalue weighted by molar-refractivity contribution is 6.29. The van der Waals surface area contributed by atoms with Crippen molar-refractivity contribution in [3.63, 3.8) is 0 Å². The van der Waals surface area contributed by atoms with Crippen molar-refractivity contribution in [1.29, 1.82) is 0 Å². The third kappa shape index (κ3) is 3.66. The summed E-state index contributed by atoms with van der Waals surface area (Å²) in [6, 6.07) is 10.2. The van der Waals surface area contributed by atoms with Gasteiger partial charge in [0.25, 0.3) is 0 Å². The summed E-state index contributed by atoms with van der Waals surface area (Å²) in [5.41, 5.74) is 0.981. The van der Waals surface area contributed by atoms with Crippen LogP contribution in [0.15, 0.2) is 36.4 Å². The average Bonchev–Trinajstić information content (AvgIpc) is 2.46. The second kappa shape index (κ2) is 6.15. The maximum Gasteiger partial charge on any atom is 0.359 e. The Morgan fingerprint density at radius 1 is 1.16 bits per heavy atom.